The topological polar surface area (TPSA) is 33.2 Å². The van der Waals surface area contributed by atoms with Crippen LogP contribution >= 0.6 is 22.7 Å². The quantitative estimate of drug-likeness (QED) is 0.856. The highest BCUT2D eigenvalue weighted by atomic mass is 32.1. The SMILES string of the molecule is CC(C)c1nc(CC(=O)N2CCc3sccc3[C@@H]2C)cs1. The molecular formula is C16H20N2OS2. The maximum absolute atomic E-state index is 12.6. The lowest BCUT2D eigenvalue weighted by Gasteiger charge is -2.33. The summed E-state index contributed by atoms with van der Waals surface area (Å²) in [7, 11) is 0. The molecule has 5 heteroatoms. The first-order valence-corrected chi connectivity index (χ1v) is 9.12. The predicted molar refractivity (Wildman–Crippen MR) is 88.1 cm³/mol. The van der Waals surface area contributed by atoms with Crippen LogP contribution in [0.15, 0.2) is 16.8 Å². The van der Waals surface area contributed by atoms with Crippen molar-refractivity contribution in [3.63, 3.8) is 0 Å². The number of thiophene rings is 1. The van der Waals surface area contributed by atoms with E-state index in [4.69, 9.17) is 0 Å². The van der Waals surface area contributed by atoms with Gasteiger partial charge in [-0.15, -0.1) is 22.7 Å². The van der Waals surface area contributed by atoms with Gasteiger partial charge in [0.25, 0.3) is 0 Å². The number of carbonyl (C=O) groups is 1. The summed E-state index contributed by atoms with van der Waals surface area (Å²) in [4.78, 5) is 20.6. The first-order valence-electron chi connectivity index (χ1n) is 7.36. The van der Waals surface area contributed by atoms with Crippen LogP contribution in [0.5, 0.6) is 0 Å². The number of carbonyl (C=O) groups excluding carboxylic acids is 1. The van der Waals surface area contributed by atoms with E-state index >= 15 is 0 Å². The minimum absolute atomic E-state index is 0.190. The van der Waals surface area contributed by atoms with Crippen molar-refractivity contribution >= 4 is 28.6 Å². The molecule has 0 saturated heterocycles. The van der Waals surface area contributed by atoms with Crippen molar-refractivity contribution in [2.45, 2.75) is 45.6 Å². The smallest absolute Gasteiger partial charge is 0.229 e. The van der Waals surface area contributed by atoms with Gasteiger partial charge in [0.05, 0.1) is 23.2 Å². The summed E-state index contributed by atoms with van der Waals surface area (Å²) < 4.78 is 0. The molecule has 3 heterocycles. The van der Waals surface area contributed by atoms with Crippen molar-refractivity contribution in [2.75, 3.05) is 6.54 Å². The Morgan fingerprint density at radius 1 is 1.48 bits per heavy atom. The fraction of sp³-hybridized carbons (Fsp3) is 0.500. The van der Waals surface area contributed by atoms with Crippen molar-refractivity contribution in [1.29, 1.82) is 0 Å². The fourth-order valence-corrected chi connectivity index (χ4v) is 4.57. The zero-order valence-corrected chi connectivity index (χ0v) is 14.3. The third-order valence-electron chi connectivity index (χ3n) is 3.99. The highest BCUT2D eigenvalue weighted by Gasteiger charge is 2.28. The van der Waals surface area contributed by atoms with Crippen LogP contribution in [0, 0.1) is 0 Å². The molecule has 0 unspecified atom stereocenters. The fourth-order valence-electron chi connectivity index (χ4n) is 2.78. The van der Waals surface area contributed by atoms with Crippen LogP contribution in [0.25, 0.3) is 0 Å². The van der Waals surface area contributed by atoms with Crippen LogP contribution in [0.2, 0.25) is 0 Å². The minimum atomic E-state index is 0.190. The molecular weight excluding hydrogens is 300 g/mol. The number of fused-ring (bicyclic) bond motifs is 1. The summed E-state index contributed by atoms with van der Waals surface area (Å²) in [5, 5.41) is 5.27. The Bertz CT molecular complexity index is 644. The second-order valence-electron chi connectivity index (χ2n) is 5.82. The molecule has 1 atom stereocenters. The lowest BCUT2D eigenvalue weighted by atomic mass is 10.0. The summed E-state index contributed by atoms with van der Waals surface area (Å²) in [5.74, 6) is 0.626. The van der Waals surface area contributed by atoms with Gasteiger partial charge in [-0.25, -0.2) is 4.98 Å². The summed E-state index contributed by atoms with van der Waals surface area (Å²) in [6.45, 7) is 7.22. The lowest BCUT2D eigenvalue weighted by Crippen LogP contribution is -2.39. The Labute approximate surface area is 133 Å². The summed E-state index contributed by atoms with van der Waals surface area (Å²) >= 11 is 3.46. The zero-order chi connectivity index (χ0) is 15.0. The van der Waals surface area contributed by atoms with Gasteiger partial charge in [-0.1, -0.05) is 13.8 Å². The standard InChI is InChI=1S/C16H20N2OS2/c1-10(2)16-17-12(9-21-16)8-15(19)18-6-4-14-13(11(18)3)5-7-20-14/h5,7,9-11H,4,6,8H2,1-3H3/t11-/m0/s1. The number of hydrogen-bond acceptors (Lipinski definition) is 4. The Kier molecular flexibility index (Phi) is 4.13. The number of rotatable bonds is 3. The molecule has 0 aliphatic carbocycles. The number of hydrogen-bond donors (Lipinski definition) is 0. The molecule has 0 radical (unpaired) electrons. The average molecular weight is 320 g/mol. The summed E-state index contributed by atoms with van der Waals surface area (Å²) in [5.41, 5.74) is 2.23. The minimum Gasteiger partial charge on any atom is -0.335 e. The van der Waals surface area contributed by atoms with Gasteiger partial charge in [-0.3, -0.25) is 4.79 Å². The molecule has 0 fully saturated rings. The van der Waals surface area contributed by atoms with Crippen LogP contribution in [0.3, 0.4) is 0 Å². The second-order valence-corrected chi connectivity index (χ2v) is 7.71. The average Bonchev–Trinajstić information content (AvgIpc) is 3.07. The van der Waals surface area contributed by atoms with E-state index < -0.39 is 0 Å². The van der Waals surface area contributed by atoms with Crippen molar-refractivity contribution in [3.8, 4) is 0 Å². The first kappa shape index (κ1) is 14.7. The number of thiazole rings is 1. The van der Waals surface area contributed by atoms with E-state index in [9.17, 15) is 4.79 Å². The zero-order valence-electron chi connectivity index (χ0n) is 12.6. The first-order chi connectivity index (χ1) is 10.1. The number of nitrogens with zero attached hydrogens (tertiary/aromatic N) is 2. The van der Waals surface area contributed by atoms with Crippen molar-refractivity contribution in [3.05, 3.63) is 38.0 Å². The van der Waals surface area contributed by atoms with Gasteiger partial charge in [0.15, 0.2) is 0 Å². The van der Waals surface area contributed by atoms with E-state index in [0.717, 1.165) is 23.7 Å². The van der Waals surface area contributed by atoms with E-state index in [1.165, 1.54) is 10.4 Å². The van der Waals surface area contributed by atoms with E-state index in [1.807, 2.05) is 10.3 Å². The van der Waals surface area contributed by atoms with E-state index in [2.05, 4.69) is 37.2 Å². The molecule has 0 N–H and O–H groups in total. The van der Waals surface area contributed by atoms with Gasteiger partial charge in [0.1, 0.15) is 0 Å². The monoisotopic (exact) mass is 320 g/mol. The second kappa shape index (κ2) is 5.89. The Hall–Kier alpha value is -1.20. The molecule has 0 spiro atoms. The molecule has 1 amide bonds. The van der Waals surface area contributed by atoms with Crippen LogP contribution in [-0.4, -0.2) is 22.3 Å². The summed E-state index contributed by atoms with van der Waals surface area (Å²) in [6, 6.07) is 2.35. The van der Waals surface area contributed by atoms with Gasteiger partial charge < -0.3 is 4.90 Å². The highest BCUT2D eigenvalue weighted by Crippen LogP contribution is 2.33. The molecule has 2 aromatic rings. The maximum atomic E-state index is 12.6. The van der Waals surface area contributed by atoms with E-state index in [-0.39, 0.29) is 11.9 Å². The van der Waals surface area contributed by atoms with Crippen molar-refractivity contribution in [2.24, 2.45) is 0 Å². The van der Waals surface area contributed by atoms with E-state index in [1.54, 1.807) is 22.7 Å². The largest absolute Gasteiger partial charge is 0.335 e. The van der Waals surface area contributed by atoms with Crippen molar-refractivity contribution in [1.82, 2.24) is 9.88 Å². The van der Waals surface area contributed by atoms with Gasteiger partial charge in [-0.2, -0.15) is 0 Å². The van der Waals surface area contributed by atoms with Gasteiger partial charge in [0, 0.05) is 22.7 Å². The van der Waals surface area contributed by atoms with Crippen LogP contribution < -0.4 is 0 Å². The molecule has 21 heavy (non-hydrogen) atoms. The molecule has 3 rings (SSSR count). The Morgan fingerprint density at radius 2 is 2.29 bits per heavy atom. The Balaban J connectivity index is 1.71. The van der Waals surface area contributed by atoms with Crippen LogP contribution in [0.1, 0.15) is 53.9 Å². The highest BCUT2D eigenvalue weighted by molar-refractivity contribution is 7.10. The molecule has 112 valence electrons. The molecule has 1 aliphatic heterocycles. The molecule has 0 aromatic carbocycles. The summed E-state index contributed by atoms with van der Waals surface area (Å²) in [6.07, 6.45) is 1.41. The lowest BCUT2D eigenvalue weighted by molar-refractivity contribution is -0.133. The Morgan fingerprint density at radius 3 is 3.00 bits per heavy atom. The molecule has 3 nitrogen and oxygen atoms in total. The third-order valence-corrected chi connectivity index (χ3v) is 6.18. The molecule has 0 saturated carbocycles. The van der Waals surface area contributed by atoms with Gasteiger partial charge in [0.2, 0.25) is 5.91 Å². The number of amides is 1. The predicted octanol–water partition coefficient (Wildman–Crippen LogP) is 4.02. The molecule has 0 bridgehead atoms. The molecule has 1 aliphatic rings. The van der Waals surface area contributed by atoms with Gasteiger partial charge in [-0.05, 0) is 30.4 Å². The normalized spacial score (nSPS) is 18.1. The number of aromatic nitrogens is 1. The van der Waals surface area contributed by atoms with Gasteiger partial charge >= 0.3 is 0 Å². The van der Waals surface area contributed by atoms with Crippen LogP contribution in [-0.2, 0) is 17.6 Å². The molecule has 2 aromatic heterocycles. The van der Waals surface area contributed by atoms with Crippen molar-refractivity contribution < 1.29 is 4.79 Å². The van der Waals surface area contributed by atoms with E-state index in [0.29, 0.717) is 12.3 Å². The maximum Gasteiger partial charge on any atom is 0.229 e. The third kappa shape index (κ3) is 2.90. The van der Waals surface area contributed by atoms with Crippen LogP contribution in [0.4, 0.5) is 0 Å².